The Hall–Kier alpha value is -1.78. The van der Waals surface area contributed by atoms with E-state index in [1.165, 1.54) is 0 Å². The van der Waals surface area contributed by atoms with Crippen molar-refractivity contribution in [2.45, 2.75) is 32.5 Å². The highest BCUT2D eigenvalue weighted by atomic mass is 35.5. The smallest absolute Gasteiger partial charge is 0.292 e. The summed E-state index contributed by atoms with van der Waals surface area (Å²) in [5, 5.41) is 0.622. The van der Waals surface area contributed by atoms with Gasteiger partial charge >= 0.3 is 0 Å². The minimum Gasteiger partial charge on any atom is -0.483 e. The van der Waals surface area contributed by atoms with E-state index in [0.29, 0.717) is 17.3 Å². The van der Waals surface area contributed by atoms with Gasteiger partial charge < -0.3 is 15.0 Å². The molecule has 1 heterocycles. The van der Waals surface area contributed by atoms with Gasteiger partial charge in [-0.15, -0.1) is 0 Å². The van der Waals surface area contributed by atoms with Gasteiger partial charge in [-0.2, -0.15) is 0 Å². The molecule has 5 heteroatoms. The van der Waals surface area contributed by atoms with Gasteiger partial charge in [0.25, 0.3) is 5.56 Å². The lowest BCUT2D eigenvalue weighted by Gasteiger charge is -2.20. The number of benzene rings is 1. The zero-order valence-corrected chi connectivity index (χ0v) is 12.9. The Kier molecular flexibility index (Phi) is 4.70. The lowest BCUT2D eigenvalue weighted by molar-refractivity contribution is 0.296. The second kappa shape index (κ2) is 6.33. The maximum absolute atomic E-state index is 12.3. The van der Waals surface area contributed by atoms with Crippen LogP contribution in [-0.2, 0) is 13.2 Å². The van der Waals surface area contributed by atoms with Crippen molar-refractivity contribution in [2.24, 2.45) is 5.73 Å². The van der Waals surface area contributed by atoms with Crippen LogP contribution in [0.2, 0.25) is 5.02 Å². The molecule has 0 aliphatic heterocycles. The summed E-state index contributed by atoms with van der Waals surface area (Å²) < 4.78 is 7.16. The Labute approximate surface area is 129 Å². The van der Waals surface area contributed by atoms with E-state index in [-0.39, 0.29) is 12.2 Å². The number of hydrogen-bond acceptors (Lipinski definition) is 3. The molecule has 0 fully saturated rings. The van der Waals surface area contributed by atoms with Crippen LogP contribution in [0.3, 0.4) is 0 Å². The standard InChI is InChI=1S/C16H19ClN2O2/c1-16(2,18)11-19-9-5-8-14(15(19)20)21-10-12-6-3-4-7-13(12)17/h3-9H,10-11,18H2,1-2H3. The van der Waals surface area contributed by atoms with E-state index in [4.69, 9.17) is 22.1 Å². The van der Waals surface area contributed by atoms with Gasteiger partial charge in [0.05, 0.1) is 0 Å². The summed E-state index contributed by atoms with van der Waals surface area (Å²) >= 11 is 6.07. The highest BCUT2D eigenvalue weighted by Gasteiger charge is 2.14. The lowest BCUT2D eigenvalue weighted by Crippen LogP contribution is -2.40. The first-order chi connectivity index (χ1) is 9.87. The molecule has 0 saturated carbocycles. The number of rotatable bonds is 5. The van der Waals surface area contributed by atoms with E-state index in [1.807, 2.05) is 32.0 Å². The van der Waals surface area contributed by atoms with Crippen molar-refractivity contribution in [3.8, 4) is 5.75 Å². The van der Waals surface area contributed by atoms with Crippen molar-refractivity contribution in [3.05, 3.63) is 63.5 Å². The molecule has 0 atom stereocenters. The molecule has 2 aromatic rings. The first kappa shape index (κ1) is 15.6. The number of halogens is 1. The molecular formula is C16H19ClN2O2. The molecule has 1 aromatic heterocycles. The van der Waals surface area contributed by atoms with Gasteiger partial charge in [-0.1, -0.05) is 29.8 Å². The van der Waals surface area contributed by atoms with E-state index >= 15 is 0 Å². The molecule has 1 aromatic carbocycles. The van der Waals surface area contributed by atoms with E-state index in [2.05, 4.69) is 0 Å². The average Bonchev–Trinajstić information content (AvgIpc) is 2.40. The van der Waals surface area contributed by atoms with Crippen LogP contribution in [0.5, 0.6) is 5.75 Å². The third kappa shape index (κ3) is 4.34. The molecule has 2 rings (SSSR count). The Morgan fingerprint density at radius 3 is 2.62 bits per heavy atom. The summed E-state index contributed by atoms with van der Waals surface area (Å²) in [6, 6.07) is 10.8. The second-order valence-electron chi connectivity index (χ2n) is 5.67. The molecule has 0 bridgehead atoms. The third-order valence-electron chi connectivity index (χ3n) is 2.90. The summed E-state index contributed by atoms with van der Waals surface area (Å²) in [4.78, 5) is 12.3. The van der Waals surface area contributed by atoms with Gasteiger partial charge in [-0.3, -0.25) is 4.79 Å². The number of nitrogens with two attached hydrogens (primary N) is 1. The summed E-state index contributed by atoms with van der Waals surface area (Å²) in [5.74, 6) is 0.293. The van der Waals surface area contributed by atoms with Crippen molar-refractivity contribution in [1.82, 2.24) is 4.57 Å². The first-order valence-corrected chi connectivity index (χ1v) is 7.09. The van der Waals surface area contributed by atoms with Crippen molar-refractivity contribution < 1.29 is 4.74 Å². The largest absolute Gasteiger partial charge is 0.483 e. The normalized spacial score (nSPS) is 11.4. The van der Waals surface area contributed by atoms with E-state index < -0.39 is 5.54 Å². The maximum atomic E-state index is 12.3. The molecule has 0 radical (unpaired) electrons. The molecule has 0 amide bonds. The Balaban J connectivity index is 2.16. The van der Waals surface area contributed by atoms with Crippen LogP contribution in [-0.4, -0.2) is 10.1 Å². The predicted molar refractivity (Wildman–Crippen MR) is 84.8 cm³/mol. The number of pyridine rings is 1. The van der Waals surface area contributed by atoms with E-state index in [9.17, 15) is 4.79 Å². The fourth-order valence-electron chi connectivity index (χ4n) is 1.96. The Morgan fingerprint density at radius 1 is 1.24 bits per heavy atom. The van der Waals surface area contributed by atoms with Crippen LogP contribution >= 0.6 is 11.6 Å². The number of ether oxygens (including phenoxy) is 1. The molecule has 112 valence electrons. The highest BCUT2D eigenvalue weighted by molar-refractivity contribution is 6.31. The van der Waals surface area contributed by atoms with Crippen LogP contribution in [0, 0.1) is 0 Å². The highest BCUT2D eigenvalue weighted by Crippen LogP contribution is 2.16. The number of nitrogens with zero attached hydrogens (tertiary/aromatic N) is 1. The van der Waals surface area contributed by atoms with Crippen LogP contribution < -0.4 is 16.0 Å². The summed E-state index contributed by atoms with van der Waals surface area (Å²) in [6.07, 6.45) is 1.71. The quantitative estimate of drug-likeness (QED) is 0.924. The molecule has 0 unspecified atom stereocenters. The van der Waals surface area contributed by atoms with Crippen molar-refractivity contribution in [3.63, 3.8) is 0 Å². The molecule has 0 saturated heterocycles. The Bertz CT molecular complexity index is 674. The molecule has 0 spiro atoms. The molecule has 21 heavy (non-hydrogen) atoms. The van der Waals surface area contributed by atoms with Gasteiger partial charge in [0.15, 0.2) is 5.75 Å². The van der Waals surface area contributed by atoms with Crippen molar-refractivity contribution >= 4 is 11.6 Å². The lowest BCUT2D eigenvalue weighted by atomic mass is 10.1. The molecular weight excluding hydrogens is 288 g/mol. The number of hydrogen-bond donors (Lipinski definition) is 1. The zero-order valence-electron chi connectivity index (χ0n) is 12.2. The van der Waals surface area contributed by atoms with Crippen molar-refractivity contribution in [2.75, 3.05) is 0 Å². The van der Waals surface area contributed by atoms with Gasteiger partial charge in [-0.05, 0) is 32.0 Å². The predicted octanol–water partition coefficient (Wildman–Crippen LogP) is 2.82. The van der Waals surface area contributed by atoms with Crippen LogP contribution in [0.15, 0.2) is 47.4 Å². The summed E-state index contributed by atoms with van der Waals surface area (Å²) in [5.41, 5.74) is 6.14. The van der Waals surface area contributed by atoms with Gasteiger partial charge in [0.1, 0.15) is 6.61 Å². The molecule has 0 aliphatic rings. The fraction of sp³-hybridized carbons (Fsp3) is 0.312. The topological polar surface area (TPSA) is 57.2 Å². The monoisotopic (exact) mass is 306 g/mol. The van der Waals surface area contributed by atoms with Crippen LogP contribution in [0.4, 0.5) is 0 Å². The zero-order chi connectivity index (χ0) is 15.5. The SMILES string of the molecule is CC(C)(N)Cn1cccc(OCc2ccccc2Cl)c1=O. The van der Waals surface area contributed by atoms with Gasteiger partial charge in [0.2, 0.25) is 0 Å². The first-order valence-electron chi connectivity index (χ1n) is 6.71. The second-order valence-corrected chi connectivity index (χ2v) is 6.08. The molecule has 2 N–H and O–H groups in total. The van der Waals surface area contributed by atoms with E-state index in [1.54, 1.807) is 29.0 Å². The van der Waals surface area contributed by atoms with E-state index in [0.717, 1.165) is 5.56 Å². The summed E-state index contributed by atoms with van der Waals surface area (Å²) in [6.45, 7) is 4.42. The van der Waals surface area contributed by atoms with Crippen LogP contribution in [0.25, 0.3) is 0 Å². The minimum atomic E-state index is -0.467. The Morgan fingerprint density at radius 2 is 1.95 bits per heavy atom. The molecule has 0 aliphatic carbocycles. The number of aromatic nitrogens is 1. The van der Waals surface area contributed by atoms with Crippen LogP contribution in [0.1, 0.15) is 19.4 Å². The van der Waals surface area contributed by atoms with Crippen molar-refractivity contribution in [1.29, 1.82) is 0 Å². The fourth-order valence-corrected chi connectivity index (χ4v) is 2.15. The molecule has 4 nitrogen and oxygen atoms in total. The summed E-state index contributed by atoms with van der Waals surface area (Å²) in [7, 11) is 0. The maximum Gasteiger partial charge on any atom is 0.292 e. The average molecular weight is 307 g/mol. The van der Waals surface area contributed by atoms with Gasteiger partial charge in [0, 0.05) is 28.9 Å². The third-order valence-corrected chi connectivity index (χ3v) is 3.27. The van der Waals surface area contributed by atoms with Gasteiger partial charge in [-0.25, -0.2) is 0 Å². The minimum absolute atomic E-state index is 0.192.